The van der Waals surface area contributed by atoms with E-state index in [-0.39, 0.29) is 18.2 Å². The number of carbonyl (C=O) groups is 2. The number of ether oxygens (including phenoxy) is 1. The molecule has 1 aliphatic heterocycles. The molecule has 1 amide bonds. The standard InChI is InChI=1S/C15H19NO4/c1-10(8-14(17)18)2-3-11-4-5-13-12(9-11)15(19)16-6-7-20-13/h4-5,9-10H,2-3,6-8H2,1H3,(H,16,19)(H,17,18). The maximum Gasteiger partial charge on any atom is 0.303 e. The molecule has 1 unspecified atom stereocenters. The summed E-state index contributed by atoms with van der Waals surface area (Å²) in [4.78, 5) is 22.5. The summed E-state index contributed by atoms with van der Waals surface area (Å²) in [6.45, 7) is 2.92. The van der Waals surface area contributed by atoms with E-state index in [2.05, 4.69) is 5.32 Å². The monoisotopic (exact) mass is 277 g/mol. The molecule has 1 aromatic rings. The summed E-state index contributed by atoms with van der Waals surface area (Å²) in [5.41, 5.74) is 1.59. The SMILES string of the molecule is CC(CCc1ccc2c(c1)C(=O)NCCO2)CC(=O)O. The summed E-state index contributed by atoms with van der Waals surface area (Å²) < 4.78 is 5.49. The Morgan fingerprint density at radius 1 is 1.50 bits per heavy atom. The number of hydrogen-bond acceptors (Lipinski definition) is 3. The zero-order valence-corrected chi connectivity index (χ0v) is 11.5. The van der Waals surface area contributed by atoms with Crippen molar-refractivity contribution in [3.63, 3.8) is 0 Å². The van der Waals surface area contributed by atoms with Gasteiger partial charge >= 0.3 is 5.97 Å². The fourth-order valence-electron chi connectivity index (χ4n) is 2.27. The second kappa shape index (κ2) is 6.41. The summed E-state index contributed by atoms with van der Waals surface area (Å²) in [6, 6.07) is 5.59. The van der Waals surface area contributed by atoms with Gasteiger partial charge in [0, 0.05) is 6.42 Å². The molecule has 0 aliphatic carbocycles. The molecule has 20 heavy (non-hydrogen) atoms. The first-order valence-electron chi connectivity index (χ1n) is 6.82. The summed E-state index contributed by atoms with van der Waals surface area (Å²) in [7, 11) is 0. The van der Waals surface area contributed by atoms with Gasteiger partial charge in [-0.1, -0.05) is 13.0 Å². The predicted octanol–water partition coefficient (Wildman–Crippen LogP) is 1.85. The highest BCUT2D eigenvalue weighted by Gasteiger charge is 2.17. The Kier molecular flexibility index (Phi) is 4.61. The van der Waals surface area contributed by atoms with Crippen LogP contribution in [0.2, 0.25) is 0 Å². The minimum absolute atomic E-state index is 0.113. The van der Waals surface area contributed by atoms with Crippen LogP contribution in [0.1, 0.15) is 35.7 Å². The number of benzene rings is 1. The van der Waals surface area contributed by atoms with Crippen LogP contribution in [0.25, 0.3) is 0 Å². The molecule has 0 spiro atoms. The number of aliphatic carboxylic acids is 1. The van der Waals surface area contributed by atoms with Gasteiger partial charge in [0.1, 0.15) is 12.4 Å². The molecule has 1 heterocycles. The molecule has 5 nitrogen and oxygen atoms in total. The molecule has 0 saturated heterocycles. The Bertz CT molecular complexity index is 513. The minimum atomic E-state index is -0.771. The Hall–Kier alpha value is -2.04. The van der Waals surface area contributed by atoms with Crippen molar-refractivity contribution in [3.05, 3.63) is 29.3 Å². The molecule has 0 radical (unpaired) electrons. The highest BCUT2D eigenvalue weighted by Crippen LogP contribution is 2.23. The number of carboxylic acid groups (broad SMARTS) is 1. The lowest BCUT2D eigenvalue weighted by molar-refractivity contribution is -0.138. The van der Waals surface area contributed by atoms with Crippen LogP contribution < -0.4 is 10.1 Å². The number of amides is 1. The normalized spacial score (nSPS) is 15.6. The van der Waals surface area contributed by atoms with Crippen LogP contribution in [0, 0.1) is 5.92 Å². The van der Waals surface area contributed by atoms with Gasteiger partial charge in [-0.05, 0) is 36.5 Å². The molecular formula is C15H19NO4. The van der Waals surface area contributed by atoms with Gasteiger partial charge in [-0.15, -0.1) is 0 Å². The van der Waals surface area contributed by atoms with Gasteiger partial charge in [-0.2, -0.15) is 0 Å². The van der Waals surface area contributed by atoms with E-state index in [1.54, 1.807) is 0 Å². The second-order valence-corrected chi connectivity index (χ2v) is 5.18. The van der Waals surface area contributed by atoms with Gasteiger partial charge in [-0.25, -0.2) is 0 Å². The van der Waals surface area contributed by atoms with Gasteiger partial charge in [0.05, 0.1) is 12.1 Å². The Labute approximate surface area is 117 Å². The molecule has 1 aromatic carbocycles. The van der Waals surface area contributed by atoms with Crippen molar-refractivity contribution in [2.24, 2.45) is 5.92 Å². The van der Waals surface area contributed by atoms with Crippen LogP contribution in [-0.2, 0) is 11.2 Å². The molecule has 0 saturated carbocycles. The quantitative estimate of drug-likeness (QED) is 0.861. The van der Waals surface area contributed by atoms with E-state index in [0.717, 1.165) is 18.4 Å². The fraction of sp³-hybridized carbons (Fsp3) is 0.467. The number of carboxylic acids is 1. The predicted molar refractivity (Wildman–Crippen MR) is 74.0 cm³/mol. The van der Waals surface area contributed by atoms with Gasteiger partial charge in [0.15, 0.2) is 0 Å². The smallest absolute Gasteiger partial charge is 0.303 e. The molecule has 1 aliphatic rings. The van der Waals surface area contributed by atoms with E-state index in [1.807, 2.05) is 25.1 Å². The highest BCUT2D eigenvalue weighted by molar-refractivity contribution is 5.97. The van der Waals surface area contributed by atoms with Crippen molar-refractivity contribution in [1.29, 1.82) is 0 Å². The number of hydrogen-bond donors (Lipinski definition) is 2. The van der Waals surface area contributed by atoms with Crippen LogP contribution in [0.5, 0.6) is 5.75 Å². The van der Waals surface area contributed by atoms with Gasteiger partial charge in [0.25, 0.3) is 5.91 Å². The van der Waals surface area contributed by atoms with E-state index in [4.69, 9.17) is 9.84 Å². The van der Waals surface area contributed by atoms with Crippen molar-refractivity contribution in [2.45, 2.75) is 26.2 Å². The maximum atomic E-state index is 11.9. The van der Waals surface area contributed by atoms with E-state index < -0.39 is 5.97 Å². The minimum Gasteiger partial charge on any atom is -0.491 e. The van der Waals surface area contributed by atoms with Gasteiger partial charge in [-0.3, -0.25) is 9.59 Å². The van der Waals surface area contributed by atoms with Crippen LogP contribution in [0.15, 0.2) is 18.2 Å². The largest absolute Gasteiger partial charge is 0.491 e. The molecular weight excluding hydrogens is 258 g/mol. The van der Waals surface area contributed by atoms with E-state index in [9.17, 15) is 9.59 Å². The molecule has 0 bridgehead atoms. The van der Waals surface area contributed by atoms with E-state index >= 15 is 0 Å². The lowest BCUT2D eigenvalue weighted by Crippen LogP contribution is -2.24. The topological polar surface area (TPSA) is 75.6 Å². The van der Waals surface area contributed by atoms with Crippen LogP contribution >= 0.6 is 0 Å². The molecule has 0 fully saturated rings. The summed E-state index contributed by atoms with van der Waals surface area (Å²) in [6.07, 6.45) is 1.72. The van der Waals surface area contributed by atoms with Crippen LogP contribution in [0.3, 0.4) is 0 Å². The second-order valence-electron chi connectivity index (χ2n) is 5.18. The number of carbonyl (C=O) groups excluding carboxylic acids is 1. The number of aryl methyl sites for hydroxylation is 1. The summed E-state index contributed by atoms with van der Waals surface area (Å²) in [5, 5.41) is 11.5. The highest BCUT2D eigenvalue weighted by atomic mass is 16.5. The summed E-state index contributed by atoms with van der Waals surface area (Å²) in [5.74, 6) is -0.149. The maximum absolute atomic E-state index is 11.9. The molecule has 1 atom stereocenters. The van der Waals surface area contributed by atoms with Gasteiger partial charge < -0.3 is 15.2 Å². The van der Waals surface area contributed by atoms with Crippen LogP contribution in [-0.4, -0.2) is 30.1 Å². The summed E-state index contributed by atoms with van der Waals surface area (Å²) >= 11 is 0. The average Bonchev–Trinajstić information content (AvgIpc) is 2.58. The zero-order valence-electron chi connectivity index (χ0n) is 11.5. The first-order valence-corrected chi connectivity index (χ1v) is 6.82. The third-order valence-corrected chi connectivity index (χ3v) is 3.38. The fourth-order valence-corrected chi connectivity index (χ4v) is 2.27. The molecule has 5 heteroatoms. The van der Waals surface area contributed by atoms with Crippen molar-refractivity contribution in [2.75, 3.05) is 13.2 Å². The molecule has 108 valence electrons. The molecule has 0 aromatic heterocycles. The van der Waals surface area contributed by atoms with Crippen molar-refractivity contribution >= 4 is 11.9 Å². The zero-order chi connectivity index (χ0) is 14.5. The number of fused-ring (bicyclic) bond motifs is 1. The number of nitrogens with one attached hydrogen (secondary N) is 1. The lowest BCUT2D eigenvalue weighted by Gasteiger charge is -2.10. The first kappa shape index (κ1) is 14.4. The van der Waals surface area contributed by atoms with E-state index in [0.29, 0.717) is 24.5 Å². The van der Waals surface area contributed by atoms with Crippen molar-refractivity contribution < 1.29 is 19.4 Å². The van der Waals surface area contributed by atoms with Crippen LogP contribution in [0.4, 0.5) is 0 Å². The van der Waals surface area contributed by atoms with Crippen molar-refractivity contribution in [3.8, 4) is 5.75 Å². The number of rotatable bonds is 5. The Morgan fingerprint density at radius 3 is 3.05 bits per heavy atom. The van der Waals surface area contributed by atoms with E-state index in [1.165, 1.54) is 0 Å². The van der Waals surface area contributed by atoms with Gasteiger partial charge in [0.2, 0.25) is 0 Å². The lowest BCUT2D eigenvalue weighted by atomic mass is 9.97. The third kappa shape index (κ3) is 3.73. The molecule has 2 rings (SSSR count). The average molecular weight is 277 g/mol. The van der Waals surface area contributed by atoms with Crippen molar-refractivity contribution in [1.82, 2.24) is 5.32 Å². The first-order chi connectivity index (χ1) is 9.56. The third-order valence-electron chi connectivity index (χ3n) is 3.38. The Balaban J connectivity index is 2.03. The molecule has 2 N–H and O–H groups in total. The Morgan fingerprint density at radius 2 is 2.30 bits per heavy atom.